The van der Waals surface area contributed by atoms with Crippen molar-refractivity contribution in [3.8, 4) is 0 Å². The van der Waals surface area contributed by atoms with Crippen LogP contribution in [0.15, 0.2) is 29.3 Å². The minimum Gasteiger partial charge on any atom is -0.329 e. The summed E-state index contributed by atoms with van der Waals surface area (Å²) in [6, 6.07) is 1.58. The predicted molar refractivity (Wildman–Crippen MR) is 86.6 cm³/mol. The Bertz CT molecular complexity index is 907. The van der Waals surface area contributed by atoms with E-state index in [1.165, 1.54) is 15.4 Å². The Balaban J connectivity index is 1.84. The van der Waals surface area contributed by atoms with E-state index in [0.29, 0.717) is 6.07 Å². The second-order valence-corrected chi connectivity index (χ2v) is 8.11. The number of hydrogen-bond acceptors (Lipinski definition) is 5. The Morgan fingerprint density at radius 3 is 2.38 bits per heavy atom. The number of carbonyl (C=O) groups is 1. The predicted octanol–water partition coefficient (Wildman–Crippen LogP) is 1.01. The zero-order chi connectivity index (χ0) is 19.1. The molecule has 1 fully saturated rings. The summed E-state index contributed by atoms with van der Waals surface area (Å²) in [5, 5.41) is 9.65. The first-order chi connectivity index (χ1) is 12.2. The lowest BCUT2D eigenvalue weighted by atomic mass is 10.1. The quantitative estimate of drug-likeness (QED) is 0.850. The highest BCUT2D eigenvalue weighted by molar-refractivity contribution is 7.89. The number of nitrogens with zero attached hydrogens (tertiary/aromatic N) is 4. The van der Waals surface area contributed by atoms with Gasteiger partial charge < -0.3 is 4.90 Å². The van der Waals surface area contributed by atoms with E-state index in [2.05, 4.69) is 15.4 Å². The summed E-state index contributed by atoms with van der Waals surface area (Å²) in [4.78, 5) is 13.7. The molecule has 0 saturated carbocycles. The van der Waals surface area contributed by atoms with Crippen molar-refractivity contribution >= 4 is 15.9 Å². The molecule has 2 aromatic rings. The number of piperazine rings is 1. The third-order valence-corrected chi connectivity index (χ3v) is 6.11. The maximum atomic E-state index is 13.4. The van der Waals surface area contributed by atoms with Gasteiger partial charge in [0.2, 0.25) is 10.0 Å². The van der Waals surface area contributed by atoms with E-state index < -0.39 is 33.7 Å². The number of sulfonamides is 1. The van der Waals surface area contributed by atoms with Crippen molar-refractivity contribution in [3.63, 3.8) is 0 Å². The third-order valence-electron chi connectivity index (χ3n) is 4.28. The maximum Gasteiger partial charge on any atom is 0.276 e. The maximum absolute atomic E-state index is 13.4. The van der Waals surface area contributed by atoms with Crippen LogP contribution in [0.3, 0.4) is 0 Å². The molecule has 1 amide bonds. The summed E-state index contributed by atoms with van der Waals surface area (Å²) in [6.07, 6.45) is 1.37. The molecule has 0 radical (unpaired) electrons. The summed E-state index contributed by atoms with van der Waals surface area (Å²) < 4.78 is 53.2. The van der Waals surface area contributed by atoms with E-state index in [1.54, 1.807) is 13.8 Å². The van der Waals surface area contributed by atoms with Crippen LogP contribution in [0.1, 0.15) is 24.3 Å². The van der Waals surface area contributed by atoms with Crippen LogP contribution in [-0.4, -0.2) is 64.1 Å². The van der Waals surface area contributed by atoms with Crippen molar-refractivity contribution in [2.24, 2.45) is 0 Å². The fourth-order valence-electron chi connectivity index (χ4n) is 3.10. The van der Waals surface area contributed by atoms with E-state index in [9.17, 15) is 22.0 Å². The molecule has 0 unspecified atom stereocenters. The first-order valence-electron chi connectivity index (χ1n) is 7.86. The molecule has 0 aliphatic carbocycles. The highest BCUT2D eigenvalue weighted by Crippen LogP contribution is 2.25. The Labute approximate surface area is 148 Å². The topological polar surface area (TPSA) is 99.3 Å². The molecule has 1 aliphatic rings. The minimum atomic E-state index is -4.02. The normalized spacial score (nSPS) is 21.8. The second-order valence-electron chi connectivity index (χ2n) is 6.17. The van der Waals surface area contributed by atoms with Gasteiger partial charge in [-0.1, -0.05) is 5.21 Å². The molecule has 1 aliphatic heterocycles. The Morgan fingerprint density at radius 2 is 1.85 bits per heavy atom. The van der Waals surface area contributed by atoms with E-state index >= 15 is 0 Å². The molecule has 0 bridgehead atoms. The van der Waals surface area contributed by atoms with Crippen LogP contribution in [0.2, 0.25) is 0 Å². The molecular formula is C15H17F2N5O3S. The van der Waals surface area contributed by atoms with Crippen molar-refractivity contribution in [3.05, 3.63) is 41.7 Å². The van der Waals surface area contributed by atoms with Gasteiger partial charge in [-0.05, 0) is 32.0 Å². The van der Waals surface area contributed by atoms with Crippen molar-refractivity contribution in [2.45, 2.75) is 30.8 Å². The van der Waals surface area contributed by atoms with Crippen LogP contribution in [-0.2, 0) is 10.0 Å². The first-order valence-corrected chi connectivity index (χ1v) is 9.30. The Kier molecular flexibility index (Phi) is 4.76. The van der Waals surface area contributed by atoms with Crippen LogP contribution >= 0.6 is 0 Å². The minimum absolute atomic E-state index is 0.0231. The fourth-order valence-corrected chi connectivity index (χ4v) is 4.71. The number of carbonyl (C=O) groups excluding carboxylic acids is 1. The van der Waals surface area contributed by atoms with Crippen LogP contribution < -0.4 is 0 Å². The molecule has 3 rings (SSSR count). The standard InChI is InChI=1S/C15H17F2N5O3S/c1-9-7-21(26(24,25)11-3-4-12(16)13(17)5-11)8-10(2)22(9)15(23)14-6-18-20-19-14/h3-6,9-10H,7-8H2,1-2H3,(H,18,19,20)/t9-,10+. The van der Waals surface area contributed by atoms with E-state index in [1.807, 2.05) is 0 Å². The second kappa shape index (κ2) is 6.72. The van der Waals surface area contributed by atoms with Gasteiger partial charge in [-0.3, -0.25) is 9.89 Å². The number of halogens is 2. The van der Waals surface area contributed by atoms with Crippen LogP contribution in [0.25, 0.3) is 0 Å². The summed E-state index contributed by atoms with van der Waals surface area (Å²) in [6.45, 7) is 3.47. The van der Waals surface area contributed by atoms with Gasteiger partial charge in [0.15, 0.2) is 17.3 Å². The number of aromatic amines is 1. The number of hydrogen-bond donors (Lipinski definition) is 1. The summed E-state index contributed by atoms with van der Waals surface area (Å²) >= 11 is 0. The van der Waals surface area contributed by atoms with E-state index in [-0.39, 0.29) is 29.6 Å². The number of rotatable bonds is 3. The van der Waals surface area contributed by atoms with Gasteiger partial charge in [-0.25, -0.2) is 17.2 Å². The highest BCUT2D eigenvalue weighted by atomic mass is 32.2. The number of benzene rings is 1. The summed E-state index contributed by atoms with van der Waals surface area (Å²) in [7, 11) is -4.02. The number of nitrogens with one attached hydrogen (secondary N) is 1. The molecule has 1 N–H and O–H groups in total. The SMILES string of the molecule is C[C@@H]1CN(S(=O)(=O)c2ccc(F)c(F)c2)C[C@H](C)N1C(=O)c1c[nH]nn1. The van der Waals surface area contributed by atoms with Gasteiger partial charge in [0.05, 0.1) is 11.1 Å². The lowest BCUT2D eigenvalue weighted by Gasteiger charge is -2.43. The molecule has 1 aromatic heterocycles. The van der Waals surface area contributed by atoms with Gasteiger partial charge in [0.25, 0.3) is 5.91 Å². The van der Waals surface area contributed by atoms with Gasteiger partial charge in [0, 0.05) is 25.2 Å². The van der Waals surface area contributed by atoms with Crippen molar-refractivity contribution in [1.29, 1.82) is 0 Å². The van der Waals surface area contributed by atoms with Crippen LogP contribution in [0, 0.1) is 11.6 Å². The van der Waals surface area contributed by atoms with Gasteiger partial charge in [-0.15, -0.1) is 5.10 Å². The average molecular weight is 385 g/mol. The van der Waals surface area contributed by atoms with Crippen molar-refractivity contribution in [1.82, 2.24) is 24.6 Å². The highest BCUT2D eigenvalue weighted by Gasteiger charge is 2.39. The van der Waals surface area contributed by atoms with E-state index in [4.69, 9.17) is 0 Å². The number of H-pyrrole nitrogens is 1. The van der Waals surface area contributed by atoms with Crippen molar-refractivity contribution < 1.29 is 22.0 Å². The fraction of sp³-hybridized carbons (Fsp3) is 0.400. The first kappa shape index (κ1) is 18.4. The molecule has 8 nitrogen and oxygen atoms in total. The summed E-state index contributed by atoms with van der Waals surface area (Å²) in [5.74, 6) is -2.70. The molecule has 1 aromatic carbocycles. The average Bonchev–Trinajstić information content (AvgIpc) is 3.11. The monoisotopic (exact) mass is 385 g/mol. The van der Waals surface area contributed by atoms with E-state index in [0.717, 1.165) is 12.1 Å². The molecule has 0 spiro atoms. The van der Waals surface area contributed by atoms with Crippen LogP contribution in [0.4, 0.5) is 8.78 Å². The lowest BCUT2D eigenvalue weighted by molar-refractivity contribution is 0.0434. The largest absolute Gasteiger partial charge is 0.329 e. The smallest absolute Gasteiger partial charge is 0.276 e. The molecular weight excluding hydrogens is 368 g/mol. The number of amides is 1. The Hall–Kier alpha value is -2.40. The zero-order valence-corrected chi connectivity index (χ0v) is 14.9. The molecule has 11 heteroatoms. The zero-order valence-electron chi connectivity index (χ0n) is 14.1. The molecule has 1 saturated heterocycles. The molecule has 2 heterocycles. The molecule has 2 atom stereocenters. The lowest BCUT2D eigenvalue weighted by Crippen LogP contribution is -2.59. The Morgan fingerprint density at radius 1 is 1.19 bits per heavy atom. The van der Waals surface area contributed by atoms with Gasteiger partial charge in [0.1, 0.15) is 0 Å². The van der Waals surface area contributed by atoms with Gasteiger partial charge >= 0.3 is 0 Å². The van der Waals surface area contributed by atoms with Crippen LogP contribution in [0.5, 0.6) is 0 Å². The van der Waals surface area contributed by atoms with Gasteiger partial charge in [-0.2, -0.15) is 4.31 Å². The molecule has 26 heavy (non-hydrogen) atoms. The molecule has 140 valence electrons. The number of aromatic nitrogens is 3. The third kappa shape index (κ3) is 3.19. The van der Waals surface area contributed by atoms with Crippen molar-refractivity contribution in [2.75, 3.05) is 13.1 Å². The summed E-state index contributed by atoms with van der Waals surface area (Å²) in [5.41, 5.74) is 0.139.